The van der Waals surface area contributed by atoms with E-state index < -0.39 is 0 Å². The fourth-order valence-corrected chi connectivity index (χ4v) is 2.02. The number of nitrogens with zero attached hydrogens (tertiary/aromatic N) is 2. The Kier molecular flexibility index (Phi) is 3.65. The summed E-state index contributed by atoms with van der Waals surface area (Å²) in [7, 11) is 0. The first kappa shape index (κ1) is 12.3. The predicted molar refractivity (Wildman–Crippen MR) is 71.6 cm³/mol. The van der Waals surface area contributed by atoms with Crippen LogP contribution in [0.5, 0.6) is 0 Å². The second kappa shape index (κ2) is 5.03. The van der Waals surface area contributed by atoms with Crippen molar-refractivity contribution in [3.63, 3.8) is 0 Å². The highest BCUT2D eigenvalue weighted by molar-refractivity contribution is 6.33. The van der Waals surface area contributed by atoms with E-state index in [9.17, 15) is 0 Å². The zero-order valence-corrected chi connectivity index (χ0v) is 11.2. The molecule has 0 N–H and O–H groups in total. The standard InChI is InChI=1S/C13H12Cl2N2/c1-3-11-16-12(8(2)13(15)17-11)9-6-4-5-7-10(9)14/h4-7H,3H2,1-2H3. The quantitative estimate of drug-likeness (QED) is 0.757. The van der Waals surface area contributed by atoms with Crippen molar-refractivity contribution in [2.75, 3.05) is 0 Å². The Hall–Kier alpha value is -1.12. The molecular formula is C13H12Cl2N2. The summed E-state index contributed by atoms with van der Waals surface area (Å²) in [5, 5.41) is 1.17. The Morgan fingerprint density at radius 2 is 1.82 bits per heavy atom. The van der Waals surface area contributed by atoms with Gasteiger partial charge in [-0.25, -0.2) is 9.97 Å². The van der Waals surface area contributed by atoms with Crippen molar-refractivity contribution in [3.05, 3.63) is 45.8 Å². The maximum Gasteiger partial charge on any atom is 0.136 e. The second-order valence-corrected chi connectivity index (χ2v) is 4.50. The van der Waals surface area contributed by atoms with Gasteiger partial charge in [0, 0.05) is 22.6 Å². The van der Waals surface area contributed by atoms with Crippen LogP contribution in [0.1, 0.15) is 18.3 Å². The van der Waals surface area contributed by atoms with Crippen LogP contribution in [-0.2, 0) is 6.42 Å². The van der Waals surface area contributed by atoms with Crippen molar-refractivity contribution in [1.29, 1.82) is 0 Å². The highest BCUT2D eigenvalue weighted by Crippen LogP contribution is 2.30. The topological polar surface area (TPSA) is 25.8 Å². The van der Waals surface area contributed by atoms with Crippen LogP contribution >= 0.6 is 23.2 Å². The number of aryl methyl sites for hydroxylation is 1. The van der Waals surface area contributed by atoms with Crippen LogP contribution in [0.2, 0.25) is 10.2 Å². The van der Waals surface area contributed by atoms with E-state index in [0.29, 0.717) is 10.2 Å². The molecule has 17 heavy (non-hydrogen) atoms. The smallest absolute Gasteiger partial charge is 0.136 e. The van der Waals surface area contributed by atoms with Crippen LogP contribution in [0.4, 0.5) is 0 Å². The van der Waals surface area contributed by atoms with Gasteiger partial charge in [-0.2, -0.15) is 0 Å². The lowest BCUT2D eigenvalue weighted by atomic mass is 10.1. The number of benzene rings is 1. The van der Waals surface area contributed by atoms with E-state index >= 15 is 0 Å². The number of hydrogen-bond donors (Lipinski definition) is 0. The van der Waals surface area contributed by atoms with Gasteiger partial charge in [0.25, 0.3) is 0 Å². The van der Waals surface area contributed by atoms with E-state index in [0.717, 1.165) is 29.1 Å². The van der Waals surface area contributed by atoms with Crippen LogP contribution in [0, 0.1) is 6.92 Å². The molecule has 0 amide bonds. The maximum atomic E-state index is 6.18. The Bertz CT molecular complexity index is 553. The van der Waals surface area contributed by atoms with E-state index in [-0.39, 0.29) is 0 Å². The van der Waals surface area contributed by atoms with E-state index in [1.54, 1.807) is 0 Å². The first-order valence-electron chi connectivity index (χ1n) is 5.41. The largest absolute Gasteiger partial charge is 0.232 e. The normalized spacial score (nSPS) is 10.6. The molecule has 0 fully saturated rings. The molecule has 0 aliphatic rings. The minimum absolute atomic E-state index is 0.492. The summed E-state index contributed by atoms with van der Waals surface area (Å²) in [4.78, 5) is 8.72. The monoisotopic (exact) mass is 266 g/mol. The molecule has 0 bridgehead atoms. The van der Waals surface area contributed by atoms with Crippen LogP contribution in [-0.4, -0.2) is 9.97 Å². The van der Waals surface area contributed by atoms with Gasteiger partial charge in [-0.1, -0.05) is 48.3 Å². The third-order valence-corrected chi connectivity index (χ3v) is 3.28. The molecule has 1 heterocycles. The number of hydrogen-bond acceptors (Lipinski definition) is 2. The summed E-state index contributed by atoms with van der Waals surface area (Å²) >= 11 is 12.3. The van der Waals surface area contributed by atoms with Gasteiger partial charge in [-0.3, -0.25) is 0 Å². The molecule has 0 aliphatic heterocycles. The highest BCUT2D eigenvalue weighted by atomic mass is 35.5. The van der Waals surface area contributed by atoms with Gasteiger partial charge >= 0.3 is 0 Å². The average Bonchev–Trinajstić information content (AvgIpc) is 2.33. The Morgan fingerprint density at radius 3 is 2.47 bits per heavy atom. The molecule has 0 unspecified atom stereocenters. The molecule has 2 nitrogen and oxygen atoms in total. The van der Waals surface area contributed by atoms with Crippen LogP contribution in [0.15, 0.2) is 24.3 Å². The summed E-state index contributed by atoms with van der Waals surface area (Å²) in [6.07, 6.45) is 0.747. The molecule has 0 radical (unpaired) electrons. The molecule has 4 heteroatoms. The van der Waals surface area contributed by atoms with Gasteiger partial charge in [0.15, 0.2) is 0 Å². The molecule has 0 saturated heterocycles. The lowest BCUT2D eigenvalue weighted by Gasteiger charge is -2.09. The van der Waals surface area contributed by atoms with Gasteiger partial charge < -0.3 is 0 Å². The zero-order chi connectivity index (χ0) is 12.4. The fraction of sp³-hybridized carbons (Fsp3) is 0.231. The summed E-state index contributed by atoms with van der Waals surface area (Å²) in [5.74, 6) is 0.732. The van der Waals surface area contributed by atoms with Crippen molar-refractivity contribution in [3.8, 4) is 11.3 Å². The van der Waals surface area contributed by atoms with Gasteiger partial charge in [-0.05, 0) is 13.0 Å². The van der Waals surface area contributed by atoms with Crippen molar-refractivity contribution < 1.29 is 0 Å². The van der Waals surface area contributed by atoms with Gasteiger partial charge in [0.1, 0.15) is 11.0 Å². The predicted octanol–water partition coefficient (Wildman–Crippen LogP) is 4.32. The van der Waals surface area contributed by atoms with Gasteiger partial charge in [-0.15, -0.1) is 0 Å². The van der Waals surface area contributed by atoms with Gasteiger partial charge in [0.05, 0.1) is 5.69 Å². The molecule has 0 atom stereocenters. The summed E-state index contributed by atoms with van der Waals surface area (Å²) < 4.78 is 0. The van der Waals surface area contributed by atoms with Crippen LogP contribution in [0.25, 0.3) is 11.3 Å². The first-order valence-corrected chi connectivity index (χ1v) is 6.17. The molecule has 0 saturated carbocycles. The fourth-order valence-electron chi connectivity index (χ4n) is 1.61. The van der Waals surface area contributed by atoms with E-state index in [1.807, 2.05) is 38.1 Å². The van der Waals surface area contributed by atoms with Crippen molar-refractivity contribution >= 4 is 23.2 Å². The van der Waals surface area contributed by atoms with E-state index in [1.165, 1.54) is 0 Å². The molecule has 2 rings (SSSR count). The van der Waals surface area contributed by atoms with Crippen LogP contribution in [0.3, 0.4) is 0 Å². The van der Waals surface area contributed by atoms with Crippen LogP contribution < -0.4 is 0 Å². The van der Waals surface area contributed by atoms with Gasteiger partial charge in [0.2, 0.25) is 0 Å². The number of halogens is 2. The maximum absolute atomic E-state index is 6.18. The molecule has 0 spiro atoms. The lowest BCUT2D eigenvalue weighted by Crippen LogP contribution is -1.99. The molecule has 1 aromatic heterocycles. The lowest BCUT2D eigenvalue weighted by molar-refractivity contribution is 0.934. The highest BCUT2D eigenvalue weighted by Gasteiger charge is 2.12. The first-order chi connectivity index (χ1) is 8.13. The Balaban J connectivity index is 2.67. The Morgan fingerprint density at radius 1 is 1.12 bits per heavy atom. The number of rotatable bonds is 2. The molecule has 0 aliphatic carbocycles. The summed E-state index contributed by atoms with van der Waals surface area (Å²) in [6, 6.07) is 7.61. The van der Waals surface area contributed by atoms with Crippen molar-refractivity contribution in [2.45, 2.75) is 20.3 Å². The summed E-state index contributed by atoms with van der Waals surface area (Å²) in [5.41, 5.74) is 2.56. The van der Waals surface area contributed by atoms with E-state index in [4.69, 9.17) is 23.2 Å². The second-order valence-electron chi connectivity index (χ2n) is 3.74. The zero-order valence-electron chi connectivity index (χ0n) is 9.67. The molecule has 2 aromatic rings. The minimum Gasteiger partial charge on any atom is -0.232 e. The third-order valence-electron chi connectivity index (χ3n) is 2.58. The molecule has 1 aromatic carbocycles. The average molecular weight is 267 g/mol. The Labute approximate surface area is 111 Å². The molecular weight excluding hydrogens is 255 g/mol. The molecule has 88 valence electrons. The SMILES string of the molecule is CCc1nc(Cl)c(C)c(-c2ccccc2Cl)n1. The van der Waals surface area contributed by atoms with E-state index in [2.05, 4.69) is 9.97 Å². The van der Waals surface area contributed by atoms with Crippen molar-refractivity contribution in [1.82, 2.24) is 9.97 Å². The number of aromatic nitrogens is 2. The summed E-state index contributed by atoms with van der Waals surface area (Å²) in [6.45, 7) is 3.90. The van der Waals surface area contributed by atoms with Crippen molar-refractivity contribution in [2.24, 2.45) is 0 Å². The minimum atomic E-state index is 0.492. The third kappa shape index (κ3) is 2.43.